The largest absolute Gasteiger partial charge is 0.332 e. The lowest BCUT2D eigenvalue weighted by Crippen LogP contribution is -2.15. The Morgan fingerprint density at radius 1 is 1.04 bits per heavy atom. The summed E-state index contributed by atoms with van der Waals surface area (Å²) in [6.45, 7) is 2.18. The van der Waals surface area contributed by atoms with Crippen LogP contribution in [0.2, 0.25) is 0 Å². The van der Waals surface area contributed by atoms with E-state index in [9.17, 15) is 17.6 Å². The fourth-order valence-corrected chi connectivity index (χ4v) is 3.95. The summed E-state index contributed by atoms with van der Waals surface area (Å²) in [5, 5.41) is 0. The Labute approximate surface area is 143 Å². The lowest BCUT2D eigenvalue weighted by molar-refractivity contribution is 0.105. The van der Waals surface area contributed by atoms with Crippen molar-refractivity contribution in [2.24, 2.45) is 5.92 Å². The maximum Gasteiger partial charge on any atom is 0.332 e. The van der Waals surface area contributed by atoms with Crippen LogP contribution in [0.15, 0.2) is 12.1 Å². The van der Waals surface area contributed by atoms with Crippen molar-refractivity contribution >= 4 is 15.9 Å². The maximum atomic E-state index is 13.9. The molecule has 0 aliphatic heterocycles. The highest BCUT2D eigenvalue weighted by molar-refractivity contribution is 9.09. The van der Waals surface area contributed by atoms with Crippen LogP contribution in [0.4, 0.5) is 17.6 Å². The van der Waals surface area contributed by atoms with Crippen LogP contribution in [0.1, 0.15) is 75.3 Å². The predicted octanol–water partition coefficient (Wildman–Crippen LogP) is 7.26. The van der Waals surface area contributed by atoms with Crippen molar-refractivity contribution in [1.29, 1.82) is 0 Å². The van der Waals surface area contributed by atoms with E-state index in [1.54, 1.807) is 0 Å². The Kier molecular flexibility index (Phi) is 6.52. The summed E-state index contributed by atoms with van der Waals surface area (Å²) in [6.07, 6.45) is 8.76. The van der Waals surface area contributed by atoms with Gasteiger partial charge in [-0.2, -0.15) is 8.78 Å². The molecule has 1 aromatic carbocycles. The van der Waals surface area contributed by atoms with Gasteiger partial charge in [-0.1, -0.05) is 32.6 Å². The summed E-state index contributed by atoms with van der Waals surface area (Å²) in [6, 6.07) is 2.16. The van der Waals surface area contributed by atoms with Crippen molar-refractivity contribution in [2.45, 2.75) is 69.0 Å². The summed E-state index contributed by atoms with van der Waals surface area (Å²) in [4.78, 5) is -3.68. The summed E-state index contributed by atoms with van der Waals surface area (Å²) in [5.74, 6) is -1.59. The van der Waals surface area contributed by atoms with Gasteiger partial charge in [0.05, 0.1) is 0 Å². The second kappa shape index (κ2) is 8.00. The standard InChI is InChI=1S/C18H23BrF4/c1-2-3-4-5-12-6-8-13(9-7-12)14-10-15(20)17(16(21)11-14)18(19,22)23/h10-13H,2-9H2,1H3. The zero-order valence-electron chi connectivity index (χ0n) is 13.4. The Morgan fingerprint density at radius 2 is 1.61 bits per heavy atom. The fraction of sp³-hybridized carbons (Fsp3) is 0.667. The van der Waals surface area contributed by atoms with E-state index in [-0.39, 0.29) is 5.92 Å². The Morgan fingerprint density at radius 3 is 2.09 bits per heavy atom. The van der Waals surface area contributed by atoms with Gasteiger partial charge in [-0.05, 0) is 71.1 Å². The fourth-order valence-electron chi connectivity index (χ4n) is 3.57. The zero-order chi connectivity index (χ0) is 17.0. The lowest BCUT2D eigenvalue weighted by Gasteiger charge is -2.29. The third-order valence-electron chi connectivity index (χ3n) is 4.88. The van der Waals surface area contributed by atoms with Crippen LogP contribution in [0.3, 0.4) is 0 Å². The zero-order valence-corrected chi connectivity index (χ0v) is 14.9. The first-order valence-electron chi connectivity index (χ1n) is 8.39. The third-order valence-corrected chi connectivity index (χ3v) is 5.28. The van der Waals surface area contributed by atoms with E-state index in [2.05, 4.69) is 6.92 Å². The number of unbranched alkanes of at least 4 members (excludes halogenated alkanes) is 2. The molecule has 0 amide bonds. The molecule has 0 bridgehead atoms. The third kappa shape index (κ3) is 4.94. The molecule has 130 valence electrons. The molecule has 0 atom stereocenters. The van der Waals surface area contributed by atoms with Crippen LogP contribution < -0.4 is 0 Å². The Balaban J connectivity index is 2.02. The molecule has 0 aromatic heterocycles. The second-order valence-electron chi connectivity index (χ2n) is 6.57. The number of rotatable bonds is 6. The van der Waals surface area contributed by atoms with Crippen LogP contribution in [0.5, 0.6) is 0 Å². The van der Waals surface area contributed by atoms with Crippen LogP contribution >= 0.6 is 15.9 Å². The highest BCUT2D eigenvalue weighted by Gasteiger charge is 2.35. The second-order valence-corrected chi connectivity index (χ2v) is 7.57. The molecule has 0 heterocycles. The van der Waals surface area contributed by atoms with Gasteiger partial charge in [0, 0.05) is 0 Å². The minimum atomic E-state index is -3.68. The molecule has 0 spiro atoms. The monoisotopic (exact) mass is 394 g/mol. The topological polar surface area (TPSA) is 0 Å². The molecular formula is C18H23BrF4. The molecule has 0 unspecified atom stereocenters. The van der Waals surface area contributed by atoms with Crippen molar-refractivity contribution in [3.05, 3.63) is 34.9 Å². The van der Waals surface area contributed by atoms with Gasteiger partial charge in [-0.25, -0.2) is 8.78 Å². The van der Waals surface area contributed by atoms with E-state index in [1.807, 2.05) is 15.9 Å². The van der Waals surface area contributed by atoms with Crippen LogP contribution in [0, 0.1) is 17.6 Å². The highest BCUT2D eigenvalue weighted by Crippen LogP contribution is 2.42. The summed E-state index contributed by atoms with van der Waals surface area (Å²) in [5.41, 5.74) is -0.693. The first-order valence-corrected chi connectivity index (χ1v) is 9.18. The quantitative estimate of drug-likeness (QED) is 0.270. The smallest absolute Gasteiger partial charge is 0.206 e. The number of halogens is 5. The molecule has 0 N–H and O–H groups in total. The molecule has 0 saturated heterocycles. The van der Waals surface area contributed by atoms with E-state index in [1.165, 1.54) is 25.7 Å². The lowest BCUT2D eigenvalue weighted by atomic mass is 9.77. The molecule has 23 heavy (non-hydrogen) atoms. The molecule has 0 nitrogen and oxygen atoms in total. The number of hydrogen-bond acceptors (Lipinski definition) is 0. The van der Waals surface area contributed by atoms with Gasteiger partial charge < -0.3 is 0 Å². The first-order chi connectivity index (χ1) is 10.8. The van der Waals surface area contributed by atoms with E-state index in [0.29, 0.717) is 11.5 Å². The SMILES string of the molecule is CCCCCC1CCC(c2cc(F)c(C(F)(F)Br)c(F)c2)CC1. The molecule has 1 aliphatic carbocycles. The molecule has 1 saturated carbocycles. The molecule has 0 radical (unpaired) electrons. The van der Waals surface area contributed by atoms with Crippen molar-refractivity contribution in [3.63, 3.8) is 0 Å². The van der Waals surface area contributed by atoms with E-state index < -0.39 is 22.0 Å². The van der Waals surface area contributed by atoms with Crippen LogP contribution in [-0.2, 0) is 4.83 Å². The van der Waals surface area contributed by atoms with Gasteiger partial charge in [0.1, 0.15) is 17.2 Å². The van der Waals surface area contributed by atoms with Gasteiger partial charge in [0.25, 0.3) is 0 Å². The molecule has 2 rings (SSSR count). The van der Waals surface area contributed by atoms with Crippen LogP contribution in [0.25, 0.3) is 0 Å². The first kappa shape index (κ1) is 18.8. The van der Waals surface area contributed by atoms with Crippen LogP contribution in [-0.4, -0.2) is 0 Å². The van der Waals surface area contributed by atoms with E-state index in [4.69, 9.17) is 0 Å². The average Bonchev–Trinajstić information content (AvgIpc) is 2.46. The summed E-state index contributed by atoms with van der Waals surface area (Å²) >= 11 is 2.03. The van der Waals surface area contributed by atoms with Crippen molar-refractivity contribution in [3.8, 4) is 0 Å². The van der Waals surface area contributed by atoms with Crippen molar-refractivity contribution in [2.75, 3.05) is 0 Å². The summed E-state index contributed by atoms with van der Waals surface area (Å²) in [7, 11) is 0. The van der Waals surface area contributed by atoms with Gasteiger partial charge in [0.2, 0.25) is 0 Å². The highest BCUT2D eigenvalue weighted by atomic mass is 79.9. The summed E-state index contributed by atoms with van der Waals surface area (Å²) < 4.78 is 54.2. The molecule has 5 heteroatoms. The Hall–Kier alpha value is -0.580. The number of hydrogen-bond donors (Lipinski definition) is 0. The van der Waals surface area contributed by atoms with Gasteiger partial charge in [-0.15, -0.1) is 0 Å². The van der Waals surface area contributed by atoms with Gasteiger partial charge >= 0.3 is 4.83 Å². The Bertz CT molecular complexity index is 493. The average molecular weight is 395 g/mol. The predicted molar refractivity (Wildman–Crippen MR) is 88.0 cm³/mol. The van der Waals surface area contributed by atoms with Gasteiger partial charge in [-0.3, -0.25) is 0 Å². The van der Waals surface area contributed by atoms with Crippen molar-refractivity contribution in [1.82, 2.24) is 0 Å². The number of alkyl halides is 3. The number of benzene rings is 1. The molecular weight excluding hydrogens is 372 g/mol. The maximum absolute atomic E-state index is 13.9. The van der Waals surface area contributed by atoms with Gasteiger partial charge in [0.15, 0.2) is 0 Å². The van der Waals surface area contributed by atoms with E-state index >= 15 is 0 Å². The normalized spacial score (nSPS) is 22.3. The molecule has 1 aromatic rings. The minimum Gasteiger partial charge on any atom is -0.206 e. The van der Waals surface area contributed by atoms with E-state index in [0.717, 1.165) is 37.8 Å². The van der Waals surface area contributed by atoms with Crippen molar-refractivity contribution < 1.29 is 17.6 Å². The molecule has 1 aliphatic rings. The molecule has 1 fully saturated rings. The minimum absolute atomic E-state index is 0.0689.